The quantitative estimate of drug-likeness (QED) is 0.150. The van der Waals surface area contributed by atoms with Crippen LogP contribution in [0.5, 0.6) is 0 Å². The van der Waals surface area contributed by atoms with E-state index in [0.29, 0.717) is 36.8 Å². The molecule has 0 aromatic heterocycles. The molecular weight excluding hydrogens is 718 g/mol. The maximum absolute atomic E-state index is 4.85. The molecule has 222 valence electrons. The molecule has 0 saturated carbocycles. The van der Waals surface area contributed by atoms with Crippen LogP contribution in [0.4, 0.5) is 11.4 Å². The van der Waals surface area contributed by atoms with E-state index in [4.69, 9.17) is 9.98 Å². The number of para-hydroxylation sites is 2. The Hall–Kier alpha value is -1.40. The molecule has 0 bridgehead atoms. The summed E-state index contributed by atoms with van der Waals surface area (Å²) in [6.45, 7) is 28.3. The third-order valence-corrected chi connectivity index (χ3v) is 11.4. The van der Waals surface area contributed by atoms with Gasteiger partial charge in [0.15, 0.2) is 0 Å². The van der Waals surface area contributed by atoms with Crippen LogP contribution in [0.1, 0.15) is 129 Å². The van der Waals surface area contributed by atoms with Crippen molar-refractivity contribution in [3.8, 4) is 0 Å². The Labute approximate surface area is 287 Å². The van der Waals surface area contributed by atoms with E-state index in [2.05, 4.69) is 137 Å². The zero-order chi connectivity index (χ0) is 31.7. The van der Waals surface area contributed by atoms with Gasteiger partial charge in [-0.1, -0.05) is 0 Å². The molecule has 4 radical (unpaired) electrons. The SMILES string of the molecule is CC(/C=C(/C)[N]([In])c1c(C(C)C)cccc1C(C)C)=NCCN=C(C)/C=C(/C)[N]([In])c1c(C(C)C)cccc1C(C)C. The van der Waals surface area contributed by atoms with Crippen molar-refractivity contribution < 1.29 is 0 Å². The molecule has 0 unspecified atom stereocenters. The third-order valence-electron chi connectivity index (χ3n) is 7.58. The molecule has 0 saturated heterocycles. The summed E-state index contributed by atoms with van der Waals surface area (Å²) in [4.78, 5) is 9.69. The maximum atomic E-state index is 4.85. The number of rotatable bonds is 13. The molecule has 4 nitrogen and oxygen atoms in total. The van der Waals surface area contributed by atoms with Crippen molar-refractivity contribution >= 4 is 72.1 Å². The zero-order valence-electron chi connectivity index (χ0n) is 28.3. The summed E-state index contributed by atoms with van der Waals surface area (Å²) >= 11 is 2.00. The average Bonchev–Trinajstić information content (AvgIpc) is 2.93. The van der Waals surface area contributed by atoms with Gasteiger partial charge in [-0.2, -0.15) is 0 Å². The fourth-order valence-electron chi connectivity index (χ4n) is 5.22. The van der Waals surface area contributed by atoms with Gasteiger partial charge in [0.05, 0.1) is 0 Å². The summed E-state index contributed by atoms with van der Waals surface area (Å²) in [7, 11) is 0. The fourth-order valence-corrected chi connectivity index (χ4v) is 7.35. The number of benzene rings is 2. The molecule has 0 spiro atoms. The van der Waals surface area contributed by atoms with Gasteiger partial charge in [0, 0.05) is 0 Å². The predicted molar refractivity (Wildman–Crippen MR) is 189 cm³/mol. The molecule has 0 amide bonds. The van der Waals surface area contributed by atoms with Gasteiger partial charge in [0.1, 0.15) is 0 Å². The Morgan fingerprint density at radius 1 is 0.571 bits per heavy atom. The van der Waals surface area contributed by atoms with Crippen LogP contribution in [0, 0.1) is 0 Å². The molecule has 0 aliphatic heterocycles. The van der Waals surface area contributed by atoms with Crippen molar-refractivity contribution in [1.29, 1.82) is 0 Å². The number of hydrogen-bond acceptors (Lipinski definition) is 4. The first-order valence-electron chi connectivity index (χ1n) is 15.4. The second-order valence-electron chi connectivity index (χ2n) is 12.5. The summed E-state index contributed by atoms with van der Waals surface area (Å²) in [5.41, 5.74) is 13.1. The van der Waals surface area contributed by atoms with Crippen LogP contribution >= 0.6 is 0 Å². The first kappa shape index (κ1) is 36.8. The molecule has 0 N–H and O–H groups in total. The van der Waals surface area contributed by atoms with E-state index < -0.39 is 0 Å². The van der Waals surface area contributed by atoms with Crippen molar-refractivity contribution in [1.82, 2.24) is 0 Å². The Bertz CT molecular complexity index is 1160. The summed E-state index contributed by atoms with van der Waals surface area (Å²) in [6.07, 6.45) is 4.45. The van der Waals surface area contributed by atoms with E-state index >= 15 is 0 Å². The first-order valence-corrected chi connectivity index (χ1v) is 18.4. The molecule has 2 rings (SSSR count). The van der Waals surface area contributed by atoms with E-state index in [1.165, 1.54) is 45.0 Å². The van der Waals surface area contributed by atoms with Crippen molar-refractivity contribution in [2.45, 2.75) is 107 Å². The minimum absolute atomic E-state index is 0.485. The van der Waals surface area contributed by atoms with Crippen molar-refractivity contribution in [3.05, 3.63) is 82.2 Å². The van der Waals surface area contributed by atoms with Gasteiger partial charge in [-0.3, -0.25) is 0 Å². The number of nitrogens with zero attached hydrogens (tertiary/aromatic N) is 4. The Morgan fingerprint density at radius 2 is 0.833 bits per heavy atom. The van der Waals surface area contributed by atoms with Crippen molar-refractivity contribution in [2.24, 2.45) is 9.98 Å². The van der Waals surface area contributed by atoms with Gasteiger partial charge in [-0.05, 0) is 0 Å². The van der Waals surface area contributed by atoms with Gasteiger partial charge in [0.25, 0.3) is 0 Å². The molecule has 0 aliphatic rings. The summed E-state index contributed by atoms with van der Waals surface area (Å²) in [5.74, 6) is 1.94. The van der Waals surface area contributed by atoms with Crippen LogP contribution in [0.2, 0.25) is 0 Å². The fraction of sp³-hybridized carbons (Fsp3) is 0.500. The molecule has 2 aromatic rings. The van der Waals surface area contributed by atoms with Gasteiger partial charge in [0.2, 0.25) is 0 Å². The summed E-state index contributed by atoms with van der Waals surface area (Å²) in [5, 5.41) is 0. The Morgan fingerprint density at radius 3 is 1.07 bits per heavy atom. The van der Waals surface area contributed by atoms with Crippen LogP contribution in [0.25, 0.3) is 0 Å². The van der Waals surface area contributed by atoms with E-state index in [0.717, 1.165) is 60.7 Å². The van der Waals surface area contributed by atoms with Gasteiger partial charge >= 0.3 is 290 Å². The standard InChI is InChI=1S/C36H52N4.2In/c1-23(2)31-15-13-16-32(24(3)4)35(31)39-29(11)21-27(9)37-19-20-38-28(10)22-30(12)40-36-33(25(5)6)17-14-18-34(36)26(7)8;;/h13-18,21-26H,19-20H2,1-12H3;;/q-2;2*+1/b29-21-,30-22-,37-27?,38-28?;;. The van der Waals surface area contributed by atoms with Crippen LogP contribution in [-0.4, -0.2) is 73.8 Å². The first-order chi connectivity index (χ1) is 19.7. The second-order valence-corrected chi connectivity index (χ2v) is 15.5. The van der Waals surface area contributed by atoms with Gasteiger partial charge in [-0.25, -0.2) is 0 Å². The predicted octanol–water partition coefficient (Wildman–Crippen LogP) is 9.39. The number of anilines is 2. The van der Waals surface area contributed by atoms with Gasteiger partial charge in [-0.15, -0.1) is 0 Å². The van der Waals surface area contributed by atoms with E-state index in [1.807, 2.05) is 0 Å². The molecule has 0 fully saturated rings. The van der Waals surface area contributed by atoms with E-state index in [-0.39, 0.29) is 0 Å². The van der Waals surface area contributed by atoms with Crippen LogP contribution < -0.4 is 5.78 Å². The third kappa shape index (κ3) is 10.1. The number of hydrogen-bond donors (Lipinski definition) is 0. The molecule has 2 aromatic carbocycles. The number of allylic oxidation sites excluding steroid dienone is 4. The monoisotopic (exact) mass is 770 g/mol. The number of aliphatic imine (C=N–C) groups is 2. The molecule has 0 heterocycles. The Balaban J connectivity index is 2.16. The van der Waals surface area contributed by atoms with Crippen LogP contribution in [0.15, 0.2) is 69.9 Å². The summed E-state index contributed by atoms with van der Waals surface area (Å²) < 4.78 is 4.93. The molecule has 0 atom stereocenters. The minimum atomic E-state index is 0.485. The van der Waals surface area contributed by atoms with Crippen LogP contribution in [-0.2, 0) is 0 Å². The van der Waals surface area contributed by atoms with E-state index in [9.17, 15) is 0 Å². The molecule has 42 heavy (non-hydrogen) atoms. The topological polar surface area (TPSA) is 31.2 Å². The Kier molecular flexibility index (Phi) is 15.1. The molecular formula is C36H52In2N4. The average molecular weight is 770 g/mol. The zero-order valence-corrected chi connectivity index (χ0v) is 34.9. The molecule has 0 aliphatic carbocycles. The molecule has 6 heteroatoms. The normalized spacial score (nSPS) is 13.6. The second kappa shape index (κ2) is 17.2. The summed E-state index contributed by atoms with van der Waals surface area (Å²) in [6, 6.07) is 13.6. The van der Waals surface area contributed by atoms with Crippen molar-refractivity contribution in [3.63, 3.8) is 0 Å². The van der Waals surface area contributed by atoms with Crippen molar-refractivity contribution in [2.75, 3.05) is 18.9 Å². The van der Waals surface area contributed by atoms with E-state index in [1.54, 1.807) is 0 Å². The van der Waals surface area contributed by atoms with Crippen LogP contribution in [0.3, 0.4) is 0 Å². The van der Waals surface area contributed by atoms with Gasteiger partial charge < -0.3 is 0 Å².